The Hall–Kier alpha value is -3.34. The van der Waals surface area contributed by atoms with Crippen LogP contribution in [-0.4, -0.2) is 16.0 Å². The van der Waals surface area contributed by atoms with Crippen molar-refractivity contribution in [3.05, 3.63) is 78.1 Å². The Morgan fingerprint density at radius 1 is 1.08 bits per heavy atom. The lowest BCUT2D eigenvalue weighted by atomic mass is 10.1. The number of benzene rings is 2. The van der Waals surface area contributed by atoms with Crippen molar-refractivity contribution in [1.29, 1.82) is 0 Å². The van der Waals surface area contributed by atoms with E-state index in [2.05, 4.69) is 15.5 Å². The molecule has 0 aliphatic carbocycles. The van der Waals surface area contributed by atoms with Gasteiger partial charge in [0.1, 0.15) is 5.69 Å². The van der Waals surface area contributed by atoms with Gasteiger partial charge in [0.15, 0.2) is 5.76 Å². The van der Waals surface area contributed by atoms with E-state index in [4.69, 9.17) is 4.52 Å². The van der Waals surface area contributed by atoms with Crippen LogP contribution in [0, 0.1) is 0 Å². The molecule has 0 bridgehead atoms. The third-order valence-electron chi connectivity index (χ3n) is 3.88. The first-order chi connectivity index (χ1) is 11.8. The standard InChI is InChI=1S/C19H15N3O2/c23-19(16-12-20-17-9-5-4-8-15(16)17)21-11-14-10-18(24-22-14)13-6-2-1-3-7-13/h1-10,12,20H,11H2,(H,21,23). The molecule has 1 amide bonds. The van der Waals surface area contributed by atoms with Crippen LogP contribution in [0.3, 0.4) is 0 Å². The summed E-state index contributed by atoms with van der Waals surface area (Å²) in [6.07, 6.45) is 1.72. The Balaban J connectivity index is 1.47. The largest absolute Gasteiger partial charge is 0.360 e. The molecule has 0 fully saturated rings. The zero-order valence-corrected chi connectivity index (χ0v) is 12.8. The molecule has 0 aliphatic heterocycles. The molecule has 0 radical (unpaired) electrons. The van der Waals surface area contributed by atoms with E-state index in [-0.39, 0.29) is 5.91 Å². The van der Waals surface area contributed by atoms with E-state index < -0.39 is 0 Å². The minimum atomic E-state index is -0.142. The highest BCUT2D eigenvalue weighted by molar-refractivity contribution is 6.06. The van der Waals surface area contributed by atoms with Crippen molar-refractivity contribution in [1.82, 2.24) is 15.5 Å². The summed E-state index contributed by atoms with van der Waals surface area (Å²) in [6, 6.07) is 19.3. The molecule has 4 aromatic rings. The average molecular weight is 317 g/mol. The smallest absolute Gasteiger partial charge is 0.253 e. The molecule has 0 saturated heterocycles. The van der Waals surface area contributed by atoms with E-state index in [1.165, 1.54) is 0 Å². The lowest BCUT2D eigenvalue weighted by Gasteiger charge is -2.01. The number of para-hydroxylation sites is 1. The number of aromatic amines is 1. The number of hydrogen-bond donors (Lipinski definition) is 2. The highest BCUT2D eigenvalue weighted by Crippen LogP contribution is 2.20. The first kappa shape index (κ1) is 14.3. The van der Waals surface area contributed by atoms with Crippen molar-refractivity contribution in [2.24, 2.45) is 0 Å². The Morgan fingerprint density at radius 3 is 2.75 bits per heavy atom. The normalized spacial score (nSPS) is 10.8. The number of carbonyl (C=O) groups excluding carboxylic acids is 1. The monoisotopic (exact) mass is 317 g/mol. The number of amides is 1. The lowest BCUT2D eigenvalue weighted by molar-refractivity contribution is 0.0952. The van der Waals surface area contributed by atoms with Crippen molar-refractivity contribution >= 4 is 16.8 Å². The van der Waals surface area contributed by atoms with Crippen molar-refractivity contribution < 1.29 is 9.32 Å². The fourth-order valence-corrected chi connectivity index (χ4v) is 2.66. The number of fused-ring (bicyclic) bond motifs is 1. The highest BCUT2D eigenvalue weighted by atomic mass is 16.5. The Kier molecular flexibility index (Phi) is 3.59. The molecule has 0 saturated carbocycles. The number of nitrogens with zero attached hydrogens (tertiary/aromatic N) is 1. The molecule has 2 N–H and O–H groups in total. The van der Waals surface area contributed by atoms with Crippen LogP contribution in [0.5, 0.6) is 0 Å². The summed E-state index contributed by atoms with van der Waals surface area (Å²) in [6.45, 7) is 0.314. The third kappa shape index (κ3) is 2.67. The summed E-state index contributed by atoms with van der Waals surface area (Å²) in [4.78, 5) is 15.5. The van der Waals surface area contributed by atoms with Crippen molar-refractivity contribution in [2.75, 3.05) is 0 Å². The van der Waals surface area contributed by atoms with Gasteiger partial charge in [0.05, 0.1) is 12.1 Å². The number of H-pyrrole nitrogens is 1. The van der Waals surface area contributed by atoms with Gasteiger partial charge in [0, 0.05) is 28.7 Å². The number of nitrogens with one attached hydrogen (secondary N) is 2. The summed E-state index contributed by atoms with van der Waals surface area (Å²) < 4.78 is 5.34. The van der Waals surface area contributed by atoms with Crippen LogP contribution in [0.1, 0.15) is 16.1 Å². The molecule has 118 valence electrons. The van der Waals surface area contributed by atoms with Crippen LogP contribution < -0.4 is 5.32 Å². The van der Waals surface area contributed by atoms with Crippen LogP contribution in [0.4, 0.5) is 0 Å². The van der Waals surface area contributed by atoms with E-state index in [1.807, 2.05) is 60.7 Å². The average Bonchev–Trinajstić information content (AvgIpc) is 3.27. The van der Waals surface area contributed by atoms with E-state index >= 15 is 0 Å². The number of rotatable bonds is 4. The molecule has 2 aromatic carbocycles. The fraction of sp³-hybridized carbons (Fsp3) is 0.0526. The van der Waals surface area contributed by atoms with E-state index in [0.29, 0.717) is 23.6 Å². The number of carbonyl (C=O) groups is 1. The van der Waals surface area contributed by atoms with Gasteiger partial charge in [-0.2, -0.15) is 0 Å². The van der Waals surface area contributed by atoms with Crippen LogP contribution in [0.25, 0.3) is 22.2 Å². The summed E-state index contributed by atoms with van der Waals surface area (Å²) in [5.74, 6) is 0.545. The van der Waals surface area contributed by atoms with E-state index in [0.717, 1.165) is 16.5 Å². The van der Waals surface area contributed by atoms with Crippen molar-refractivity contribution in [3.63, 3.8) is 0 Å². The maximum atomic E-state index is 12.4. The molecule has 2 heterocycles. The fourth-order valence-electron chi connectivity index (χ4n) is 2.66. The minimum absolute atomic E-state index is 0.142. The molecule has 0 aliphatic rings. The van der Waals surface area contributed by atoms with Crippen LogP contribution >= 0.6 is 0 Å². The van der Waals surface area contributed by atoms with Gasteiger partial charge in [-0.15, -0.1) is 0 Å². The maximum absolute atomic E-state index is 12.4. The molecule has 5 nitrogen and oxygen atoms in total. The summed E-state index contributed by atoms with van der Waals surface area (Å²) in [5.41, 5.74) is 3.20. The molecular formula is C19H15N3O2. The topological polar surface area (TPSA) is 70.9 Å². The lowest BCUT2D eigenvalue weighted by Crippen LogP contribution is -2.22. The SMILES string of the molecule is O=C(NCc1cc(-c2ccccc2)on1)c1c[nH]c2ccccc12. The van der Waals surface area contributed by atoms with Gasteiger partial charge in [-0.3, -0.25) is 4.79 Å². The number of hydrogen-bond acceptors (Lipinski definition) is 3. The van der Waals surface area contributed by atoms with E-state index in [1.54, 1.807) is 6.20 Å². The van der Waals surface area contributed by atoms with Gasteiger partial charge in [0.25, 0.3) is 5.91 Å². The Labute approximate surface area is 138 Å². The third-order valence-corrected chi connectivity index (χ3v) is 3.88. The molecule has 4 rings (SSSR count). The number of aromatic nitrogens is 2. The van der Waals surface area contributed by atoms with Crippen LogP contribution in [0.2, 0.25) is 0 Å². The zero-order valence-electron chi connectivity index (χ0n) is 12.8. The molecule has 0 unspecified atom stereocenters. The Morgan fingerprint density at radius 2 is 1.88 bits per heavy atom. The zero-order chi connectivity index (χ0) is 16.4. The van der Waals surface area contributed by atoms with Gasteiger partial charge >= 0.3 is 0 Å². The van der Waals surface area contributed by atoms with Crippen molar-refractivity contribution in [3.8, 4) is 11.3 Å². The maximum Gasteiger partial charge on any atom is 0.253 e. The first-order valence-electron chi connectivity index (χ1n) is 7.66. The molecule has 24 heavy (non-hydrogen) atoms. The van der Waals surface area contributed by atoms with Gasteiger partial charge in [0.2, 0.25) is 0 Å². The quantitative estimate of drug-likeness (QED) is 0.602. The minimum Gasteiger partial charge on any atom is -0.360 e. The summed E-state index contributed by atoms with van der Waals surface area (Å²) >= 11 is 0. The van der Waals surface area contributed by atoms with Gasteiger partial charge < -0.3 is 14.8 Å². The van der Waals surface area contributed by atoms with Crippen molar-refractivity contribution in [2.45, 2.75) is 6.54 Å². The molecular weight excluding hydrogens is 302 g/mol. The molecule has 0 atom stereocenters. The van der Waals surface area contributed by atoms with E-state index in [9.17, 15) is 4.79 Å². The Bertz CT molecular complexity index is 986. The first-order valence-corrected chi connectivity index (χ1v) is 7.66. The predicted molar refractivity (Wildman–Crippen MR) is 91.4 cm³/mol. The molecule has 2 aromatic heterocycles. The highest BCUT2D eigenvalue weighted by Gasteiger charge is 2.12. The van der Waals surface area contributed by atoms with Gasteiger partial charge in [-0.1, -0.05) is 53.7 Å². The summed E-state index contributed by atoms with van der Waals surface area (Å²) in [5, 5.41) is 7.79. The summed E-state index contributed by atoms with van der Waals surface area (Å²) in [7, 11) is 0. The molecule has 0 spiro atoms. The molecule has 5 heteroatoms. The van der Waals surface area contributed by atoms with Gasteiger partial charge in [-0.25, -0.2) is 0 Å². The second-order valence-corrected chi connectivity index (χ2v) is 5.48. The predicted octanol–water partition coefficient (Wildman–Crippen LogP) is 3.75. The second-order valence-electron chi connectivity index (χ2n) is 5.48. The van der Waals surface area contributed by atoms with Crippen LogP contribution in [0.15, 0.2) is 71.4 Å². The second kappa shape index (κ2) is 6.04. The van der Waals surface area contributed by atoms with Gasteiger partial charge in [-0.05, 0) is 6.07 Å². The van der Waals surface area contributed by atoms with Crippen LogP contribution in [-0.2, 0) is 6.54 Å².